The number of nitrogens with zero attached hydrogens (tertiary/aromatic N) is 1. The molecule has 0 fully saturated rings. The van der Waals surface area contributed by atoms with Crippen LogP contribution < -0.4 is 0 Å². The zero-order valence-corrected chi connectivity index (χ0v) is 15.1. The molecule has 130 valence electrons. The SMILES string of the molecule is CC(Cc1ccccc1)N(CCOS(C)(=O)=O)Cc1ccccc1. The van der Waals surface area contributed by atoms with Gasteiger partial charge in [0.1, 0.15) is 0 Å². The first-order valence-corrected chi connectivity index (χ1v) is 9.92. The molecule has 0 heterocycles. The Kier molecular flexibility index (Phi) is 6.97. The quantitative estimate of drug-likeness (QED) is 0.654. The minimum absolute atomic E-state index is 0.171. The molecule has 0 spiro atoms. The molecule has 24 heavy (non-hydrogen) atoms. The third-order valence-electron chi connectivity index (χ3n) is 3.90. The van der Waals surface area contributed by atoms with E-state index in [2.05, 4.69) is 36.1 Å². The molecule has 0 radical (unpaired) electrons. The van der Waals surface area contributed by atoms with Gasteiger partial charge in [0, 0.05) is 19.1 Å². The summed E-state index contributed by atoms with van der Waals surface area (Å²) >= 11 is 0. The molecule has 0 aromatic heterocycles. The summed E-state index contributed by atoms with van der Waals surface area (Å²) in [5.74, 6) is 0. The average Bonchev–Trinajstić information content (AvgIpc) is 2.54. The summed E-state index contributed by atoms with van der Waals surface area (Å²) in [6, 6.07) is 20.8. The number of rotatable bonds is 9. The van der Waals surface area contributed by atoms with Gasteiger partial charge in [-0.3, -0.25) is 9.08 Å². The van der Waals surface area contributed by atoms with E-state index in [1.54, 1.807) is 0 Å². The summed E-state index contributed by atoms with van der Waals surface area (Å²) in [6.45, 7) is 3.67. The average molecular weight is 347 g/mol. The Labute approximate surface area is 145 Å². The standard InChI is InChI=1S/C19H25NO3S/c1-17(15-18-9-5-3-6-10-18)20(13-14-23-24(2,21)22)16-19-11-7-4-8-12-19/h3-12,17H,13-16H2,1-2H3. The van der Waals surface area contributed by atoms with Crippen molar-refractivity contribution in [3.63, 3.8) is 0 Å². The van der Waals surface area contributed by atoms with Crippen LogP contribution >= 0.6 is 0 Å². The first kappa shape index (κ1) is 18.6. The normalized spacial score (nSPS) is 13.1. The van der Waals surface area contributed by atoms with Crippen LogP contribution in [0.2, 0.25) is 0 Å². The molecule has 2 aromatic rings. The van der Waals surface area contributed by atoms with E-state index >= 15 is 0 Å². The van der Waals surface area contributed by atoms with Crippen molar-refractivity contribution in [2.45, 2.75) is 25.9 Å². The van der Waals surface area contributed by atoms with Crippen LogP contribution in [0.5, 0.6) is 0 Å². The molecule has 0 aliphatic rings. The van der Waals surface area contributed by atoms with Crippen LogP contribution in [0.1, 0.15) is 18.1 Å². The summed E-state index contributed by atoms with van der Waals surface area (Å²) in [5, 5.41) is 0. The summed E-state index contributed by atoms with van der Waals surface area (Å²) in [7, 11) is -3.40. The Hall–Kier alpha value is -1.69. The largest absolute Gasteiger partial charge is 0.294 e. The molecule has 0 amide bonds. The van der Waals surface area contributed by atoms with Gasteiger partial charge in [0.15, 0.2) is 0 Å². The summed E-state index contributed by atoms with van der Waals surface area (Å²) < 4.78 is 27.3. The van der Waals surface area contributed by atoms with Crippen molar-refractivity contribution < 1.29 is 12.6 Å². The van der Waals surface area contributed by atoms with Crippen molar-refractivity contribution in [3.05, 3.63) is 71.8 Å². The van der Waals surface area contributed by atoms with E-state index in [0.717, 1.165) is 19.2 Å². The second-order valence-corrected chi connectivity index (χ2v) is 7.66. The van der Waals surface area contributed by atoms with Crippen molar-refractivity contribution in [2.24, 2.45) is 0 Å². The second-order valence-electron chi connectivity index (χ2n) is 6.02. The van der Waals surface area contributed by atoms with Crippen LogP contribution in [0.15, 0.2) is 60.7 Å². The summed E-state index contributed by atoms with van der Waals surface area (Å²) in [4.78, 5) is 2.26. The van der Waals surface area contributed by atoms with E-state index in [-0.39, 0.29) is 12.6 Å². The van der Waals surface area contributed by atoms with E-state index in [1.165, 1.54) is 11.1 Å². The van der Waals surface area contributed by atoms with Crippen molar-refractivity contribution in [1.82, 2.24) is 4.90 Å². The highest BCUT2D eigenvalue weighted by atomic mass is 32.2. The predicted molar refractivity (Wildman–Crippen MR) is 97.3 cm³/mol. The van der Waals surface area contributed by atoms with E-state index in [0.29, 0.717) is 6.54 Å². The fourth-order valence-electron chi connectivity index (χ4n) is 2.66. The maximum atomic E-state index is 11.2. The third-order valence-corrected chi connectivity index (χ3v) is 4.50. The molecule has 0 N–H and O–H groups in total. The number of hydrogen-bond acceptors (Lipinski definition) is 4. The van der Waals surface area contributed by atoms with Crippen LogP contribution in [-0.2, 0) is 27.3 Å². The van der Waals surface area contributed by atoms with Crippen molar-refractivity contribution in [3.8, 4) is 0 Å². The zero-order valence-electron chi connectivity index (χ0n) is 14.3. The lowest BCUT2D eigenvalue weighted by atomic mass is 10.1. The summed E-state index contributed by atoms with van der Waals surface area (Å²) in [5.41, 5.74) is 2.48. The molecule has 1 unspecified atom stereocenters. The highest BCUT2D eigenvalue weighted by Crippen LogP contribution is 2.13. The van der Waals surface area contributed by atoms with E-state index < -0.39 is 10.1 Å². The van der Waals surface area contributed by atoms with Gasteiger partial charge in [-0.25, -0.2) is 0 Å². The van der Waals surface area contributed by atoms with Gasteiger partial charge in [-0.15, -0.1) is 0 Å². The topological polar surface area (TPSA) is 46.6 Å². The Morgan fingerprint density at radius 2 is 1.50 bits per heavy atom. The van der Waals surface area contributed by atoms with Gasteiger partial charge in [-0.2, -0.15) is 8.42 Å². The molecule has 0 aliphatic heterocycles. The molecule has 0 bridgehead atoms. The second kappa shape index (κ2) is 8.97. The van der Waals surface area contributed by atoms with Gasteiger partial charge in [0.25, 0.3) is 10.1 Å². The number of hydrogen-bond donors (Lipinski definition) is 0. The van der Waals surface area contributed by atoms with Gasteiger partial charge >= 0.3 is 0 Å². The van der Waals surface area contributed by atoms with Crippen LogP contribution in [0.25, 0.3) is 0 Å². The molecule has 0 saturated heterocycles. The van der Waals surface area contributed by atoms with Gasteiger partial charge in [-0.05, 0) is 24.5 Å². The Morgan fingerprint density at radius 1 is 0.958 bits per heavy atom. The number of benzene rings is 2. The van der Waals surface area contributed by atoms with Gasteiger partial charge in [0.2, 0.25) is 0 Å². The fourth-order valence-corrected chi connectivity index (χ4v) is 3.04. The molecule has 1 atom stereocenters. The van der Waals surface area contributed by atoms with Gasteiger partial charge < -0.3 is 0 Å². The van der Waals surface area contributed by atoms with E-state index in [9.17, 15) is 8.42 Å². The van der Waals surface area contributed by atoms with Crippen molar-refractivity contribution >= 4 is 10.1 Å². The minimum Gasteiger partial charge on any atom is -0.294 e. The Bertz CT molecular complexity index is 702. The highest BCUT2D eigenvalue weighted by Gasteiger charge is 2.16. The predicted octanol–water partition coefficient (Wildman–Crippen LogP) is 3.10. The molecule has 0 saturated carbocycles. The first-order valence-electron chi connectivity index (χ1n) is 8.10. The lowest BCUT2D eigenvalue weighted by molar-refractivity contribution is 0.162. The van der Waals surface area contributed by atoms with E-state index in [1.807, 2.05) is 36.4 Å². The smallest absolute Gasteiger partial charge is 0.264 e. The third kappa shape index (κ3) is 6.83. The summed E-state index contributed by atoms with van der Waals surface area (Å²) in [6.07, 6.45) is 1.99. The van der Waals surface area contributed by atoms with E-state index in [4.69, 9.17) is 4.18 Å². The zero-order chi connectivity index (χ0) is 17.4. The molecule has 0 aliphatic carbocycles. The lowest BCUT2D eigenvalue weighted by Crippen LogP contribution is -2.37. The Balaban J connectivity index is 2.02. The maximum Gasteiger partial charge on any atom is 0.264 e. The van der Waals surface area contributed by atoms with Crippen LogP contribution in [0, 0.1) is 0 Å². The molecular formula is C19H25NO3S. The van der Waals surface area contributed by atoms with Gasteiger partial charge in [0.05, 0.1) is 12.9 Å². The molecule has 2 aromatic carbocycles. The molecule has 5 heteroatoms. The first-order chi connectivity index (χ1) is 11.4. The van der Waals surface area contributed by atoms with Gasteiger partial charge in [-0.1, -0.05) is 60.7 Å². The monoisotopic (exact) mass is 347 g/mol. The van der Waals surface area contributed by atoms with Crippen LogP contribution in [0.3, 0.4) is 0 Å². The maximum absolute atomic E-state index is 11.2. The highest BCUT2D eigenvalue weighted by molar-refractivity contribution is 7.85. The molecule has 2 rings (SSSR count). The molecule has 4 nitrogen and oxygen atoms in total. The fraction of sp³-hybridized carbons (Fsp3) is 0.368. The molecular weight excluding hydrogens is 322 g/mol. The van der Waals surface area contributed by atoms with Crippen LogP contribution in [-0.4, -0.2) is 38.8 Å². The van der Waals surface area contributed by atoms with Crippen LogP contribution in [0.4, 0.5) is 0 Å². The Morgan fingerprint density at radius 3 is 2.04 bits per heavy atom. The van der Waals surface area contributed by atoms with Crippen molar-refractivity contribution in [2.75, 3.05) is 19.4 Å². The minimum atomic E-state index is -3.40. The lowest BCUT2D eigenvalue weighted by Gasteiger charge is -2.29. The van der Waals surface area contributed by atoms with Crippen molar-refractivity contribution in [1.29, 1.82) is 0 Å².